The summed E-state index contributed by atoms with van der Waals surface area (Å²) in [5.74, 6) is -2.63. The van der Waals surface area contributed by atoms with Gasteiger partial charge in [0.15, 0.2) is 0 Å². The Balaban J connectivity index is 0.00000191. The number of hydrogen-bond acceptors (Lipinski definition) is 3. The van der Waals surface area contributed by atoms with Gasteiger partial charge in [0.1, 0.15) is 0 Å². The van der Waals surface area contributed by atoms with Crippen LogP contribution in [0, 0.1) is 6.92 Å². The van der Waals surface area contributed by atoms with Crippen molar-refractivity contribution in [1.29, 1.82) is 0 Å². The maximum absolute atomic E-state index is 12.1. The fourth-order valence-corrected chi connectivity index (χ4v) is 1.34. The van der Waals surface area contributed by atoms with E-state index in [9.17, 15) is 22.8 Å². The van der Waals surface area contributed by atoms with E-state index in [2.05, 4.69) is 0 Å². The number of benzene rings is 1. The lowest BCUT2D eigenvalue weighted by Gasteiger charge is -2.11. The van der Waals surface area contributed by atoms with Crippen molar-refractivity contribution in [2.75, 3.05) is 11.9 Å². The number of carbonyl (C=O) groups excluding carboxylic acids is 2. The van der Waals surface area contributed by atoms with Gasteiger partial charge in [0.05, 0.1) is 12.2 Å². The molecule has 0 aliphatic carbocycles. The van der Waals surface area contributed by atoms with E-state index in [4.69, 9.17) is 4.74 Å². The van der Waals surface area contributed by atoms with Crippen molar-refractivity contribution >= 4 is 17.6 Å². The Labute approximate surface area is 121 Å². The highest BCUT2D eigenvalue weighted by Gasteiger charge is 2.38. The van der Waals surface area contributed by atoms with Crippen molar-refractivity contribution in [3.63, 3.8) is 0 Å². The number of amides is 1. The van der Waals surface area contributed by atoms with E-state index < -0.39 is 18.1 Å². The summed E-state index contributed by atoms with van der Waals surface area (Å²) in [6.45, 7) is 7.32. The third-order valence-corrected chi connectivity index (χ3v) is 2.24. The van der Waals surface area contributed by atoms with E-state index in [0.717, 1.165) is 0 Å². The zero-order valence-corrected chi connectivity index (χ0v) is 12.3. The molecule has 1 aromatic rings. The number of halogens is 3. The summed E-state index contributed by atoms with van der Waals surface area (Å²) in [6, 6.07) is 3.87. The molecule has 4 nitrogen and oxygen atoms in total. The lowest BCUT2D eigenvalue weighted by molar-refractivity contribution is -0.167. The Hall–Kier alpha value is -2.05. The first-order valence-electron chi connectivity index (χ1n) is 6.41. The Morgan fingerprint density at radius 2 is 1.81 bits per heavy atom. The molecular formula is C14H18F3NO3. The molecule has 0 aromatic heterocycles. The summed E-state index contributed by atoms with van der Waals surface area (Å²) in [6.07, 6.45) is -4.95. The molecule has 0 aliphatic heterocycles. The van der Waals surface area contributed by atoms with Gasteiger partial charge in [-0.3, -0.25) is 4.79 Å². The number of carbonyl (C=O) groups is 2. The standard InChI is InChI=1S/C12H12F3NO3.C2H6/c1-3-19-10(17)8-4-5-9(7(2)6-8)16-11(18)12(13,14)15;1-2/h4-6H,3H2,1-2H3,(H,16,18);1-2H3. The van der Waals surface area contributed by atoms with Crippen LogP contribution in [-0.2, 0) is 9.53 Å². The minimum Gasteiger partial charge on any atom is -0.462 e. The van der Waals surface area contributed by atoms with Gasteiger partial charge in [-0.15, -0.1) is 0 Å². The molecule has 0 radical (unpaired) electrons. The van der Waals surface area contributed by atoms with Crippen LogP contribution in [-0.4, -0.2) is 24.7 Å². The van der Waals surface area contributed by atoms with E-state index in [-0.39, 0.29) is 17.9 Å². The molecule has 118 valence electrons. The van der Waals surface area contributed by atoms with Gasteiger partial charge in [-0.1, -0.05) is 13.8 Å². The van der Waals surface area contributed by atoms with E-state index in [1.807, 2.05) is 13.8 Å². The fraction of sp³-hybridized carbons (Fsp3) is 0.429. The van der Waals surface area contributed by atoms with Crippen LogP contribution in [0.15, 0.2) is 18.2 Å². The van der Waals surface area contributed by atoms with Crippen molar-refractivity contribution in [3.05, 3.63) is 29.3 Å². The van der Waals surface area contributed by atoms with Crippen LogP contribution in [0.5, 0.6) is 0 Å². The van der Waals surface area contributed by atoms with Crippen LogP contribution < -0.4 is 5.32 Å². The minimum absolute atomic E-state index is 0.00428. The van der Waals surface area contributed by atoms with Crippen LogP contribution in [0.4, 0.5) is 18.9 Å². The number of aryl methyl sites for hydroxylation is 1. The zero-order chi connectivity index (χ0) is 16.6. The van der Waals surface area contributed by atoms with E-state index in [1.54, 1.807) is 12.2 Å². The van der Waals surface area contributed by atoms with Crippen LogP contribution in [0.2, 0.25) is 0 Å². The van der Waals surface area contributed by atoms with Gasteiger partial charge < -0.3 is 10.1 Å². The summed E-state index contributed by atoms with van der Waals surface area (Å²) in [5, 5.41) is 1.73. The molecule has 0 spiro atoms. The molecule has 0 unspecified atom stereocenters. The fourth-order valence-electron chi connectivity index (χ4n) is 1.34. The van der Waals surface area contributed by atoms with Crippen LogP contribution in [0.25, 0.3) is 0 Å². The molecular weight excluding hydrogens is 287 g/mol. The Kier molecular flexibility index (Phi) is 7.48. The van der Waals surface area contributed by atoms with Crippen molar-refractivity contribution in [1.82, 2.24) is 0 Å². The largest absolute Gasteiger partial charge is 0.471 e. The molecule has 21 heavy (non-hydrogen) atoms. The third kappa shape index (κ3) is 5.85. The predicted molar refractivity (Wildman–Crippen MR) is 73.2 cm³/mol. The zero-order valence-electron chi connectivity index (χ0n) is 12.3. The molecule has 0 aliphatic rings. The van der Waals surface area contributed by atoms with Crippen molar-refractivity contribution in [2.24, 2.45) is 0 Å². The molecule has 1 N–H and O–H groups in total. The lowest BCUT2D eigenvalue weighted by atomic mass is 10.1. The number of nitrogens with one attached hydrogen (secondary N) is 1. The smallest absolute Gasteiger partial charge is 0.462 e. The molecule has 1 amide bonds. The second-order valence-corrected chi connectivity index (χ2v) is 3.70. The number of anilines is 1. The monoisotopic (exact) mass is 305 g/mol. The molecule has 0 atom stereocenters. The first kappa shape index (κ1) is 18.9. The summed E-state index contributed by atoms with van der Waals surface area (Å²) < 4.78 is 41.0. The molecule has 0 saturated heterocycles. The van der Waals surface area contributed by atoms with Crippen LogP contribution in [0.3, 0.4) is 0 Å². The average Bonchev–Trinajstić information content (AvgIpc) is 2.42. The van der Waals surface area contributed by atoms with E-state index in [0.29, 0.717) is 5.56 Å². The van der Waals surface area contributed by atoms with Gasteiger partial charge in [-0.25, -0.2) is 4.79 Å². The quantitative estimate of drug-likeness (QED) is 0.866. The summed E-state index contributed by atoms with van der Waals surface area (Å²) in [5.41, 5.74) is 0.544. The van der Waals surface area contributed by atoms with Gasteiger partial charge >= 0.3 is 18.1 Å². The molecule has 0 heterocycles. The lowest BCUT2D eigenvalue weighted by Crippen LogP contribution is -2.30. The molecule has 1 rings (SSSR count). The number of rotatable bonds is 3. The molecule has 1 aromatic carbocycles. The van der Waals surface area contributed by atoms with Crippen LogP contribution in [0.1, 0.15) is 36.7 Å². The second kappa shape index (κ2) is 8.28. The van der Waals surface area contributed by atoms with E-state index >= 15 is 0 Å². The van der Waals surface area contributed by atoms with Crippen molar-refractivity contribution < 1.29 is 27.5 Å². The van der Waals surface area contributed by atoms with Gasteiger partial charge in [0.25, 0.3) is 0 Å². The molecule has 0 saturated carbocycles. The third-order valence-electron chi connectivity index (χ3n) is 2.24. The van der Waals surface area contributed by atoms with Gasteiger partial charge in [-0.2, -0.15) is 13.2 Å². The maximum Gasteiger partial charge on any atom is 0.471 e. The van der Waals surface area contributed by atoms with Crippen LogP contribution >= 0.6 is 0 Å². The Morgan fingerprint density at radius 3 is 2.24 bits per heavy atom. The highest BCUT2D eigenvalue weighted by molar-refractivity contribution is 5.96. The maximum atomic E-state index is 12.1. The number of esters is 1. The topological polar surface area (TPSA) is 55.4 Å². The van der Waals surface area contributed by atoms with Gasteiger partial charge in [0.2, 0.25) is 0 Å². The Bertz CT molecular complexity index is 499. The minimum atomic E-state index is -4.95. The molecule has 7 heteroatoms. The summed E-state index contributed by atoms with van der Waals surface area (Å²) in [7, 11) is 0. The molecule has 0 fully saturated rings. The highest BCUT2D eigenvalue weighted by atomic mass is 19.4. The highest BCUT2D eigenvalue weighted by Crippen LogP contribution is 2.21. The summed E-state index contributed by atoms with van der Waals surface area (Å²) in [4.78, 5) is 22.2. The average molecular weight is 305 g/mol. The van der Waals surface area contributed by atoms with Crippen molar-refractivity contribution in [3.8, 4) is 0 Å². The van der Waals surface area contributed by atoms with Gasteiger partial charge in [0, 0.05) is 5.69 Å². The first-order chi connectivity index (χ1) is 9.75. The molecule has 0 bridgehead atoms. The number of ether oxygens (including phenoxy) is 1. The van der Waals surface area contributed by atoms with E-state index in [1.165, 1.54) is 25.1 Å². The SMILES string of the molecule is CC.CCOC(=O)c1ccc(NC(=O)C(F)(F)F)c(C)c1. The van der Waals surface area contributed by atoms with Gasteiger partial charge in [-0.05, 0) is 37.6 Å². The first-order valence-corrected chi connectivity index (χ1v) is 6.41. The normalized spacial score (nSPS) is 10.2. The number of hydrogen-bond donors (Lipinski definition) is 1. The van der Waals surface area contributed by atoms with Crippen molar-refractivity contribution in [2.45, 2.75) is 33.9 Å². The second-order valence-electron chi connectivity index (χ2n) is 3.70. The predicted octanol–water partition coefficient (Wildman–Crippen LogP) is 3.70. The number of alkyl halides is 3. The summed E-state index contributed by atoms with van der Waals surface area (Å²) >= 11 is 0. The Morgan fingerprint density at radius 1 is 1.24 bits per heavy atom.